The van der Waals surface area contributed by atoms with Crippen LogP contribution in [-0.4, -0.2) is 94.7 Å². The molecule has 0 fully saturated rings. The number of pyridine rings is 3. The second kappa shape index (κ2) is 42.5. The molecule has 0 saturated heterocycles. The molecule has 32 heteroatoms. The average Bonchev–Trinajstić information content (AvgIpc) is 1.64. The van der Waals surface area contributed by atoms with Gasteiger partial charge >= 0.3 is 0 Å². The minimum Gasteiger partial charge on any atom is -0.397 e. The quantitative estimate of drug-likeness (QED) is 0.0319. The summed E-state index contributed by atoms with van der Waals surface area (Å²) in [5.74, 6) is 4.56. The summed E-state index contributed by atoms with van der Waals surface area (Å²) < 4.78 is 66.3. The molecule has 0 saturated carbocycles. The number of aromatic nitrogens is 9. The van der Waals surface area contributed by atoms with Gasteiger partial charge in [0.1, 0.15) is 66.6 Å². The molecule has 0 aliphatic rings. The molecule has 0 spiro atoms. The van der Waals surface area contributed by atoms with Gasteiger partial charge in [-0.05, 0) is 85.0 Å². The van der Waals surface area contributed by atoms with E-state index in [4.69, 9.17) is 53.6 Å². The normalized spacial score (nSPS) is 12.6. The van der Waals surface area contributed by atoms with E-state index in [-0.39, 0.29) is 0 Å². The van der Waals surface area contributed by atoms with Gasteiger partial charge in [0.2, 0.25) is 0 Å². The molecule has 19 nitrogen and oxygen atoms in total. The largest absolute Gasteiger partial charge is 0.397 e. The van der Waals surface area contributed by atoms with E-state index in [1.807, 2.05) is 168 Å². The third-order valence-corrected chi connectivity index (χ3v) is 36.0. The highest BCUT2D eigenvalue weighted by atomic mass is 32.2. The fourth-order valence-corrected chi connectivity index (χ4v) is 28.0. The third-order valence-electron chi connectivity index (χ3n) is 18.5. The number of thiophene rings is 6. The SMILES string of the molecule is CCCCS(=O)c1sc2nc(-c3ccccc3)nc(-c3ccccc3)c2c1N.CCCCS(=O)c1sc2nc(-c3cccs3)nc(-c3ccccc3)c2c1N.CCCCS(=O)c1sc2nc(-c3nccs3)cc(-c3ccccc3)c2c1N.CCCCS(=O)c1sc2nc(-c3nccs3)ccc2c1N.CCCCS(=O)c1sc2ncccc2c1N. The van der Waals surface area contributed by atoms with Crippen LogP contribution in [0, 0.1) is 0 Å². The molecular weight excluding hydrogens is 1740 g/mol. The van der Waals surface area contributed by atoms with Gasteiger partial charge in [0.05, 0.1) is 109 Å². The fourth-order valence-electron chi connectivity index (χ4n) is 12.3. The minimum absolute atomic E-state index is 0.549. The monoisotopic (exact) mass is 1820 g/mol. The molecule has 0 bridgehead atoms. The van der Waals surface area contributed by atoms with Crippen molar-refractivity contribution in [2.24, 2.45) is 0 Å². The lowest BCUT2D eigenvalue weighted by Crippen LogP contribution is -1.99. The van der Waals surface area contributed by atoms with Gasteiger partial charge < -0.3 is 28.7 Å². The van der Waals surface area contributed by atoms with Crippen molar-refractivity contribution in [3.8, 4) is 77.1 Å². The maximum absolute atomic E-state index is 12.8. The number of benzene rings is 4. The van der Waals surface area contributed by atoms with Crippen LogP contribution in [0.1, 0.15) is 98.8 Å². The lowest BCUT2D eigenvalue weighted by atomic mass is 10.0. The molecule has 17 rings (SSSR count). The van der Waals surface area contributed by atoms with Crippen LogP contribution in [0.3, 0.4) is 0 Å². The van der Waals surface area contributed by atoms with Crippen molar-refractivity contribution < 1.29 is 21.0 Å². The zero-order chi connectivity index (χ0) is 83.5. The Morgan fingerprint density at radius 3 is 1.13 bits per heavy atom. The summed E-state index contributed by atoms with van der Waals surface area (Å²) in [6.45, 7) is 10.5. The Balaban J connectivity index is 0.000000130. The number of fused-ring (bicyclic) bond motifs is 5. The summed E-state index contributed by atoms with van der Waals surface area (Å²) in [6, 6.07) is 53.7. The number of unbranched alkanes of at least 4 members (excludes halogenated alkanes) is 5. The first-order valence-electron chi connectivity index (χ1n) is 38.7. The molecule has 13 aromatic heterocycles. The Morgan fingerprint density at radius 1 is 0.311 bits per heavy atom. The van der Waals surface area contributed by atoms with E-state index < -0.39 is 54.0 Å². The van der Waals surface area contributed by atoms with Gasteiger partial charge in [-0.15, -0.1) is 90.7 Å². The average molecular weight is 1830 g/mol. The van der Waals surface area contributed by atoms with E-state index in [0.29, 0.717) is 77.3 Å². The van der Waals surface area contributed by atoms with E-state index in [1.54, 1.807) is 52.6 Å². The van der Waals surface area contributed by atoms with Gasteiger partial charge in [0, 0.05) is 91.0 Å². The van der Waals surface area contributed by atoms with Gasteiger partial charge in [-0.3, -0.25) is 21.0 Å². The lowest BCUT2D eigenvalue weighted by molar-refractivity contribution is 0.680. The number of anilines is 5. The van der Waals surface area contributed by atoms with Crippen LogP contribution in [-0.2, 0) is 54.0 Å². The Hall–Kier alpha value is -9.00. The van der Waals surface area contributed by atoms with Crippen molar-refractivity contribution in [3.63, 3.8) is 0 Å². The van der Waals surface area contributed by atoms with E-state index in [0.717, 1.165) is 193 Å². The van der Waals surface area contributed by atoms with E-state index >= 15 is 0 Å². The summed E-state index contributed by atoms with van der Waals surface area (Å²) >= 11 is 11.9. The molecule has 5 atom stereocenters. The molecule has 0 radical (unpaired) electrons. The molecule has 10 N–H and O–H groups in total. The van der Waals surface area contributed by atoms with Crippen LogP contribution in [0.25, 0.3) is 128 Å². The highest BCUT2D eigenvalue weighted by Crippen LogP contribution is 2.47. The van der Waals surface area contributed by atoms with Crippen molar-refractivity contribution in [2.75, 3.05) is 57.4 Å². The zero-order valence-corrected chi connectivity index (χ0v) is 76.5. The number of rotatable bonds is 27. The Bertz CT molecular complexity index is 6180. The van der Waals surface area contributed by atoms with Crippen LogP contribution < -0.4 is 28.7 Å². The van der Waals surface area contributed by atoms with Crippen molar-refractivity contribution >= 4 is 224 Å². The molecule has 5 unspecified atom stereocenters. The first-order valence-corrected chi connectivity index (χ1v) is 52.0. The topological polar surface area (TPSA) is 331 Å². The molecule has 17 aromatic rings. The van der Waals surface area contributed by atoms with Crippen molar-refractivity contribution in [2.45, 2.75) is 120 Å². The molecule has 0 aliphatic heterocycles. The molecule has 0 amide bonds. The number of hydrogen-bond acceptors (Lipinski definition) is 27. The summed E-state index contributed by atoms with van der Waals surface area (Å²) in [5.41, 5.74) is 42.7. The predicted octanol–water partition coefficient (Wildman–Crippen LogP) is 23.4. The molecule has 614 valence electrons. The number of nitrogen functional groups attached to an aromatic ring is 5. The smallest absolute Gasteiger partial charge is 0.171 e. The molecule has 4 aromatic carbocycles. The maximum atomic E-state index is 12.8. The van der Waals surface area contributed by atoms with Gasteiger partial charge in [-0.2, -0.15) is 0 Å². The zero-order valence-electron chi connectivity index (χ0n) is 65.9. The third kappa shape index (κ3) is 21.0. The summed E-state index contributed by atoms with van der Waals surface area (Å²) in [4.78, 5) is 46.6. The van der Waals surface area contributed by atoms with Crippen molar-refractivity contribution in [1.82, 2.24) is 44.9 Å². The highest BCUT2D eigenvalue weighted by Gasteiger charge is 2.27. The Kier molecular flexibility index (Phi) is 31.3. The molecule has 13 heterocycles. The highest BCUT2D eigenvalue weighted by molar-refractivity contribution is 7.89. The molecular formula is C87H88N14O5S13. The van der Waals surface area contributed by atoms with Crippen LogP contribution in [0.4, 0.5) is 28.4 Å². The van der Waals surface area contributed by atoms with Crippen LogP contribution in [0.15, 0.2) is 220 Å². The second-order valence-electron chi connectivity index (χ2n) is 26.9. The maximum Gasteiger partial charge on any atom is 0.171 e. The van der Waals surface area contributed by atoms with Crippen LogP contribution >= 0.6 is 90.7 Å². The summed E-state index contributed by atoms with van der Waals surface area (Å²) in [7, 11) is -5.32. The van der Waals surface area contributed by atoms with E-state index in [2.05, 4.69) is 66.7 Å². The van der Waals surface area contributed by atoms with Gasteiger partial charge in [0.15, 0.2) is 11.6 Å². The van der Waals surface area contributed by atoms with Crippen LogP contribution in [0.5, 0.6) is 0 Å². The Labute approximate surface area is 735 Å². The second-order valence-corrected chi connectivity index (χ2v) is 43.5. The van der Waals surface area contributed by atoms with E-state index in [9.17, 15) is 21.0 Å². The van der Waals surface area contributed by atoms with Crippen molar-refractivity contribution in [1.29, 1.82) is 0 Å². The summed E-state index contributed by atoms with van der Waals surface area (Å²) in [6.07, 6.45) is 15.0. The van der Waals surface area contributed by atoms with Gasteiger partial charge in [0.25, 0.3) is 0 Å². The van der Waals surface area contributed by atoms with Crippen LogP contribution in [0.2, 0.25) is 0 Å². The first-order chi connectivity index (χ1) is 58.0. The summed E-state index contributed by atoms with van der Waals surface area (Å²) in [5, 5.41) is 12.0. The Morgan fingerprint density at radius 2 is 0.697 bits per heavy atom. The number of hydrogen-bond donors (Lipinski definition) is 5. The van der Waals surface area contributed by atoms with Crippen molar-refractivity contribution in [3.05, 3.63) is 199 Å². The number of thiazole rings is 2. The first kappa shape index (κ1) is 87.8. The van der Waals surface area contributed by atoms with Gasteiger partial charge in [-0.1, -0.05) is 194 Å². The number of nitrogens with two attached hydrogens (primary N) is 5. The minimum atomic E-state index is -1.12. The van der Waals surface area contributed by atoms with Gasteiger partial charge in [-0.25, -0.2) is 44.9 Å². The standard InChI is InChI=1S/C22H21N3OS2.2C20H19N3OS3.C14H15N3OS3.C11H14N2OS2/c1-2-3-14-28(26)22-18(23)17-19(15-10-6-4-7-11-15)24-20(25-21(17)27-22)16-12-8-5-9-13-16;1-2-3-12-27(24)20-16(21)15-17(13-8-5-4-6-9-13)22-18(23-19(15)26-20)14-10-7-11-25-14;1-2-3-11-27(24)20-17(21)16-14(13-7-5-4-6-8-13)12-15(23-19(16)26-20)18-22-9-10-25-18;1-2-3-8-21(18)14-11(15)9-4-5-10(17-12(9)20-14)13-16-6-7-19-13;1-2-3-7-16(14)11-9(12)8-5-4-6-13-10(8)15-11/h4-13H,2-3,14,23H2,1H3;4-11H,2-3,12,21H2,1H3;4-10,12H,2-3,11,21H2,1H3;4-7H,2-3,8,15H2,1H3;4-6H,2-3,7,12H2,1H3. The number of nitrogens with zero attached hydrogens (tertiary/aromatic N) is 9. The lowest BCUT2D eigenvalue weighted by Gasteiger charge is -2.07. The molecule has 0 aliphatic carbocycles. The predicted molar refractivity (Wildman–Crippen MR) is 514 cm³/mol. The molecule has 119 heavy (non-hydrogen) atoms. The van der Waals surface area contributed by atoms with E-state index in [1.165, 1.54) is 56.7 Å². The fraction of sp³-hybridized carbons (Fsp3) is 0.230.